The largest absolute Gasteiger partial charge is 0.411 e. The van der Waals surface area contributed by atoms with Crippen molar-refractivity contribution in [1.29, 1.82) is 0 Å². The molecule has 0 aromatic heterocycles. The van der Waals surface area contributed by atoms with Crippen LogP contribution in [-0.2, 0) is 4.74 Å². The van der Waals surface area contributed by atoms with E-state index in [1.54, 1.807) is 0 Å². The molecule has 1 saturated carbocycles. The van der Waals surface area contributed by atoms with Crippen molar-refractivity contribution in [3.05, 3.63) is 0 Å². The van der Waals surface area contributed by atoms with Gasteiger partial charge in [-0.1, -0.05) is 0 Å². The zero-order valence-corrected chi connectivity index (χ0v) is 11.2. The molecule has 0 heterocycles. The number of halogens is 4. The first-order valence-electron chi connectivity index (χ1n) is 6.46. The van der Waals surface area contributed by atoms with Crippen molar-refractivity contribution < 1.29 is 17.9 Å². The fraction of sp³-hybridized carbons (Fsp3) is 1.00. The minimum atomic E-state index is -4.21. The Morgan fingerprint density at radius 2 is 1.83 bits per heavy atom. The van der Waals surface area contributed by atoms with Gasteiger partial charge < -0.3 is 10.1 Å². The van der Waals surface area contributed by atoms with E-state index in [4.69, 9.17) is 11.6 Å². The van der Waals surface area contributed by atoms with Crippen LogP contribution in [0.5, 0.6) is 0 Å². The van der Waals surface area contributed by atoms with Gasteiger partial charge >= 0.3 is 6.18 Å². The molecule has 0 saturated heterocycles. The highest BCUT2D eigenvalue weighted by Gasteiger charge is 2.27. The Balaban J connectivity index is 1.87. The molecule has 0 aliphatic heterocycles. The summed E-state index contributed by atoms with van der Waals surface area (Å²) in [7, 11) is 0. The molecule has 1 aliphatic rings. The van der Waals surface area contributed by atoms with Crippen LogP contribution >= 0.6 is 11.6 Å². The molecule has 1 N–H and O–H groups in total. The van der Waals surface area contributed by atoms with E-state index in [1.165, 1.54) is 0 Å². The lowest BCUT2D eigenvalue weighted by Crippen LogP contribution is -2.28. The zero-order chi connectivity index (χ0) is 13.4. The molecule has 0 aromatic carbocycles. The number of nitrogens with one attached hydrogen (secondary N) is 1. The van der Waals surface area contributed by atoms with Crippen LogP contribution in [0.15, 0.2) is 0 Å². The maximum atomic E-state index is 11.8. The van der Waals surface area contributed by atoms with E-state index in [9.17, 15) is 13.2 Å². The zero-order valence-electron chi connectivity index (χ0n) is 10.4. The number of ether oxygens (including phenoxy) is 1. The van der Waals surface area contributed by atoms with Gasteiger partial charge in [-0.05, 0) is 51.1 Å². The second-order valence-electron chi connectivity index (χ2n) is 4.84. The van der Waals surface area contributed by atoms with E-state index in [-0.39, 0.29) is 6.61 Å². The van der Waals surface area contributed by atoms with Crippen LogP contribution in [0.25, 0.3) is 0 Å². The molecule has 1 aliphatic carbocycles. The minimum Gasteiger partial charge on any atom is -0.372 e. The highest BCUT2D eigenvalue weighted by Crippen LogP contribution is 2.26. The molecule has 0 amide bonds. The average molecular weight is 288 g/mol. The van der Waals surface area contributed by atoms with Gasteiger partial charge in [0.25, 0.3) is 0 Å². The Bertz CT molecular complexity index is 218. The van der Waals surface area contributed by atoms with Crippen molar-refractivity contribution in [3.63, 3.8) is 0 Å². The number of hydrogen-bond donors (Lipinski definition) is 1. The molecule has 6 heteroatoms. The van der Waals surface area contributed by atoms with Crippen molar-refractivity contribution in [3.8, 4) is 0 Å². The fourth-order valence-corrected chi connectivity index (χ4v) is 2.37. The lowest BCUT2D eigenvalue weighted by atomic mass is 9.89. The van der Waals surface area contributed by atoms with Crippen molar-refractivity contribution in [1.82, 2.24) is 5.32 Å². The highest BCUT2D eigenvalue weighted by molar-refractivity contribution is 6.20. The maximum absolute atomic E-state index is 11.8. The normalized spacial score (nSPS) is 25.3. The van der Waals surface area contributed by atoms with Crippen LogP contribution in [0, 0.1) is 5.92 Å². The molecule has 18 heavy (non-hydrogen) atoms. The van der Waals surface area contributed by atoms with Crippen LogP contribution in [-0.4, -0.2) is 37.9 Å². The highest BCUT2D eigenvalue weighted by atomic mass is 35.5. The third kappa shape index (κ3) is 8.16. The molecule has 0 radical (unpaired) electrons. The van der Waals surface area contributed by atoms with Gasteiger partial charge in [-0.25, -0.2) is 0 Å². The summed E-state index contributed by atoms with van der Waals surface area (Å²) >= 11 is 6.01. The molecule has 2 nitrogen and oxygen atoms in total. The molecular weight excluding hydrogens is 267 g/mol. The fourth-order valence-electron chi connectivity index (χ4n) is 2.12. The summed E-state index contributed by atoms with van der Waals surface area (Å²) in [5.41, 5.74) is 0. The third-order valence-corrected chi connectivity index (χ3v) is 3.55. The van der Waals surface area contributed by atoms with Gasteiger partial charge in [-0.2, -0.15) is 13.2 Å². The molecule has 108 valence electrons. The third-order valence-electron chi connectivity index (χ3n) is 3.12. The standard InChI is InChI=1S/C12H21ClF3NO/c13-11-4-2-10(3-5-11)8-17-6-1-7-18-9-12(14,15)16/h10-11,17H,1-9H2. The van der Waals surface area contributed by atoms with Crippen LogP contribution in [0.3, 0.4) is 0 Å². The number of alkyl halides is 4. The lowest BCUT2D eigenvalue weighted by Gasteiger charge is -2.25. The van der Waals surface area contributed by atoms with Crippen molar-refractivity contribution in [2.24, 2.45) is 5.92 Å². The first-order chi connectivity index (χ1) is 8.47. The Labute approximate surface area is 111 Å². The SMILES string of the molecule is FC(F)(F)COCCCNCC1CCC(Cl)CC1. The van der Waals surface area contributed by atoms with Crippen LogP contribution in [0.4, 0.5) is 13.2 Å². The van der Waals surface area contributed by atoms with Gasteiger partial charge in [0.2, 0.25) is 0 Å². The van der Waals surface area contributed by atoms with E-state index < -0.39 is 12.8 Å². The van der Waals surface area contributed by atoms with Crippen molar-refractivity contribution in [2.75, 3.05) is 26.3 Å². The summed E-state index contributed by atoms with van der Waals surface area (Å²) in [5, 5.41) is 3.59. The summed E-state index contributed by atoms with van der Waals surface area (Å²) in [6.45, 7) is 0.648. The maximum Gasteiger partial charge on any atom is 0.411 e. The Morgan fingerprint density at radius 1 is 1.17 bits per heavy atom. The van der Waals surface area contributed by atoms with E-state index in [0.717, 1.165) is 32.2 Å². The molecular formula is C12H21ClF3NO. The van der Waals surface area contributed by atoms with Gasteiger partial charge in [0.1, 0.15) is 6.61 Å². The molecule has 0 bridgehead atoms. The predicted octanol–water partition coefficient (Wildman–Crippen LogP) is 3.34. The van der Waals surface area contributed by atoms with Crippen LogP contribution in [0.2, 0.25) is 0 Å². The van der Waals surface area contributed by atoms with E-state index in [1.807, 2.05) is 0 Å². The van der Waals surface area contributed by atoms with E-state index >= 15 is 0 Å². The van der Waals surface area contributed by atoms with Gasteiger partial charge in [-0.3, -0.25) is 0 Å². The molecule has 0 atom stereocenters. The van der Waals surface area contributed by atoms with E-state index in [2.05, 4.69) is 10.1 Å². The van der Waals surface area contributed by atoms with Gasteiger partial charge in [0.15, 0.2) is 0 Å². The minimum absolute atomic E-state index is 0.154. The molecule has 0 aromatic rings. The summed E-state index contributed by atoms with van der Waals surface area (Å²) in [5.74, 6) is 0.663. The van der Waals surface area contributed by atoms with Crippen LogP contribution in [0.1, 0.15) is 32.1 Å². The second-order valence-corrected chi connectivity index (χ2v) is 5.46. The second kappa shape index (κ2) is 8.23. The Morgan fingerprint density at radius 3 is 2.44 bits per heavy atom. The first kappa shape index (κ1) is 16.1. The topological polar surface area (TPSA) is 21.3 Å². The predicted molar refractivity (Wildman–Crippen MR) is 66.0 cm³/mol. The molecule has 0 spiro atoms. The first-order valence-corrected chi connectivity index (χ1v) is 6.90. The monoisotopic (exact) mass is 287 g/mol. The summed E-state index contributed by atoms with van der Waals surface area (Å²) in [4.78, 5) is 0. The molecule has 0 unspecified atom stereocenters. The smallest absolute Gasteiger partial charge is 0.372 e. The summed E-state index contributed by atoms with van der Waals surface area (Å²) in [6, 6.07) is 0. The summed E-state index contributed by atoms with van der Waals surface area (Å²) in [6.07, 6.45) is 0.831. The van der Waals surface area contributed by atoms with Crippen LogP contribution < -0.4 is 5.32 Å². The number of hydrogen-bond acceptors (Lipinski definition) is 2. The van der Waals surface area contributed by atoms with Crippen molar-refractivity contribution >= 4 is 11.6 Å². The van der Waals surface area contributed by atoms with Gasteiger partial charge in [-0.15, -0.1) is 11.6 Å². The van der Waals surface area contributed by atoms with Gasteiger partial charge in [0.05, 0.1) is 0 Å². The number of rotatable bonds is 7. The lowest BCUT2D eigenvalue weighted by molar-refractivity contribution is -0.173. The summed E-state index contributed by atoms with van der Waals surface area (Å²) < 4.78 is 39.8. The van der Waals surface area contributed by atoms with Gasteiger partial charge in [0, 0.05) is 12.0 Å². The Kier molecular flexibility index (Phi) is 7.34. The van der Waals surface area contributed by atoms with E-state index in [0.29, 0.717) is 24.3 Å². The Hall–Kier alpha value is 0. The molecule has 1 rings (SSSR count). The average Bonchev–Trinajstić information content (AvgIpc) is 2.29. The quantitative estimate of drug-likeness (QED) is 0.573. The molecule has 1 fully saturated rings. The van der Waals surface area contributed by atoms with Crippen molar-refractivity contribution in [2.45, 2.75) is 43.7 Å².